The molecule has 0 saturated heterocycles. The first kappa shape index (κ1) is 20.2. The predicted octanol–water partition coefficient (Wildman–Crippen LogP) is 2.70. The summed E-state index contributed by atoms with van der Waals surface area (Å²) in [4.78, 5) is 25.2. The number of hydrogen-bond donors (Lipinski definition) is 1. The summed E-state index contributed by atoms with van der Waals surface area (Å²) in [6, 6.07) is 10.4. The van der Waals surface area contributed by atoms with E-state index in [2.05, 4.69) is 10.3 Å². The minimum Gasteiger partial charge on any atom is -0.497 e. The highest BCUT2D eigenvalue weighted by Crippen LogP contribution is 2.33. The second kappa shape index (κ2) is 8.34. The van der Waals surface area contributed by atoms with Crippen molar-refractivity contribution in [1.82, 2.24) is 10.2 Å². The molecular formula is C21H20N4O6. The van der Waals surface area contributed by atoms with Crippen LogP contribution in [0.5, 0.6) is 5.75 Å². The number of aromatic nitrogens is 1. The molecule has 1 amide bonds. The zero-order chi connectivity index (χ0) is 22.0. The number of carbonyl (C=O) groups excluding carboxylic acids is 2. The van der Waals surface area contributed by atoms with Crippen LogP contribution in [0.15, 0.2) is 56.7 Å². The van der Waals surface area contributed by atoms with Crippen molar-refractivity contribution in [3.8, 4) is 5.75 Å². The quantitative estimate of drug-likeness (QED) is 0.597. The zero-order valence-electron chi connectivity index (χ0n) is 16.9. The molecule has 1 aliphatic heterocycles. The molecule has 2 aromatic heterocycles. The van der Waals surface area contributed by atoms with Crippen LogP contribution in [-0.4, -0.2) is 41.5 Å². The van der Waals surface area contributed by atoms with Crippen LogP contribution in [0.1, 0.15) is 39.8 Å². The lowest BCUT2D eigenvalue weighted by Crippen LogP contribution is -2.31. The minimum atomic E-state index is -0.794. The number of furan rings is 1. The number of nitrogens with two attached hydrogens (primary N) is 1. The second-order valence-corrected chi connectivity index (χ2v) is 6.83. The number of ether oxygens (including phenoxy) is 2. The summed E-state index contributed by atoms with van der Waals surface area (Å²) in [5.74, 6) is -0.174. The lowest BCUT2D eigenvalue weighted by molar-refractivity contribution is -0.136. The van der Waals surface area contributed by atoms with Gasteiger partial charge in [-0.15, -0.1) is 0 Å². The average molecular weight is 424 g/mol. The van der Waals surface area contributed by atoms with Gasteiger partial charge in [0, 0.05) is 6.42 Å². The molecule has 0 unspecified atom stereocenters. The van der Waals surface area contributed by atoms with Crippen LogP contribution >= 0.6 is 0 Å². The van der Waals surface area contributed by atoms with Crippen molar-refractivity contribution in [3.05, 3.63) is 65.2 Å². The van der Waals surface area contributed by atoms with Gasteiger partial charge in [0.2, 0.25) is 5.88 Å². The molecule has 4 rings (SSSR count). The number of benzene rings is 1. The summed E-state index contributed by atoms with van der Waals surface area (Å²) in [5.41, 5.74) is 7.41. The van der Waals surface area contributed by atoms with Crippen molar-refractivity contribution in [3.63, 3.8) is 0 Å². The van der Waals surface area contributed by atoms with E-state index >= 15 is 0 Å². The number of anilines is 1. The fourth-order valence-electron chi connectivity index (χ4n) is 3.30. The van der Waals surface area contributed by atoms with Gasteiger partial charge in [0.25, 0.3) is 5.91 Å². The Balaban J connectivity index is 1.53. The molecule has 1 aromatic carbocycles. The first-order chi connectivity index (χ1) is 15.0. The number of aryl methyl sites for hydroxylation is 1. The van der Waals surface area contributed by atoms with Crippen molar-refractivity contribution in [2.24, 2.45) is 5.10 Å². The molecule has 160 valence electrons. The molecule has 2 N–H and O–H groups in total. The number of hydrazone groups is 1. The zero-order valence-corrected chi connectivity index (χ0v) is 16.9. The molecule has 0 saturated carbocycles. The van der Waals surface area contributed by atoms with Crippen molar-refractivity contribution in [2.45, 2.75) is 19.4 Å². The van der Waals surface area contributed by atoms with E-state index in [-0.39, 0.29) is 17.1 Å². The van der Waals surface area contributed by atoms with E-state index in [0.717, 1.165) is 5.56 Å². The molecule has 0 fully saturated rings. The van der Waals surface area contributed by atoms with Crippen LogP contribution in [0.2, 0.25) is 0 Å². The maximum Gasteiger partial charge on any atom is 0.346 e. The van der Waals surface area contributed by atoms with Crippen molar-refractivity contribution >= 4 is 23.5 Å². The van der Waals surface area contributed by atoms with Gasteiger partial charge in [-0.25, -0.2) is 9.80 Å². The summed E-state index contributed by atoms with van der Waals surface area (Å²) in [7, 11) is 1.59. The van der Waals surface area contributed by atoms with E-state index in [1.165, 1.54) is 11.3 Å². The molecule has 3 heterocycles. The monoisotopic (exact) mass is 424 g/mol. The third kappa shape index (κ3) is 4.00. The molecule has 1 aliphatic rings. The van der Waals surface area contributed by atoms with Gasteiger partial charge in [-0.05, 0) is 48.9 Å². The molecule has 31 heavy (non-hydrogen) atoms. The third-order valence-corrected chi connectivity index (χ3v) is 4.88. The predicted molar refractivity (Wildman–Crippen MR) is 108 cm³/mol. The topological polar surface area (TPSA) is 133 Å². The van der Waals surface area contributed by atoms with Crippen molar-refractivity contribution in [1.29, 1.82) is 0 Å². The summed E-state index contributed by atoms with van der Waals surface area (Å²) in [5, 5.41) is 9.36. The Morgan fingerprint density at radius 1 is 1.26 bits per heavy atom. The molecule has 0 spiro atoms. The maximum absolute atomic E-state index is 12.9. The minimum absolute atomic E-state index is 0.000713. The molecule has 0 radical (unpaired) electrons. The Kier molecular flexibility index (Phi) is 5.44. The molecule has 0 aliphatic carbocycles. The number of nitrogen functional groups attached to an aromatic ring is 1. The van der Waals surface area contributed by atoms with Crippen molar-refractivity contribution < 1.29 is 28.0 Å². The van der Waals surface area contributed by atoms with Crippen LogP contribution < -0.4 is 10.5 Å². The van der Waals surface area contributed by atoms with E-state index in [1.807, 2.05) is 24.3 Å². The molecule has 0 bridgehead atoms. The number of amides is 1. The van der Waals surface area contributed by atoms with E-state index in [9.17, 15) is 9.59 Å². The fraction of sp³-hybridized carbons (Fsp3) is 0.238. The number of esters is 1. The Morgan fingerprint density at radius 2 is 2.03 bits per heavy atom. The van der Waals surface area contributed by atoms with Crippen LogP contribution in [0.25, 0.3) is 0 Å². The molecular weight excluding hydrogens is 404 g/mol. The normalized spacial score (nSPS) is 15.6. The van der Waals surface area contributed by atoms with Crippen LogP contribution in [0.3, 0.4) is 0 Å². The summed E-state index contributed by atoms with van der Waals surface area (Å²) in [6.45, 7) is 1.02. The summed E-state index contributed by atoms with van der Waals surface area (Å²) < 4.78 is 20.6. The smallest absolute Gasteiger partial charge is 0.346 e. The van der Waals surface area contributed by atoms with Gasteiger partial charge >= 0.3 is 5.97 Å². The number of rotatable bonds is 6. The van der Waals surface area contributed by atoms with Gasteiger partial charge < -0.3 is 24.1 Å². The molecule has 10 nitrogen and oxygen atoms in total. The number of hydrogen-bond acceptors (Lipinski definition) is 9. The maximum atomic E-state index is 12.9. The Morgan fingerprint density at radius 3 is 2.65 bits per heavy atom. The van der Waals surface area contributed by atoms with Gasteiger partial charge in [-0.1, -0.05) is 5.16 Å². The lowest BCUT2D eigenvalue weighted by atomic mass is 10.0. The highest BCUT2D eigenvalue weighted by atomic mass is 16.5. The highest BCUT2D eigenvalue weighted by Gasteiger charge is 2.35. The highest BCUT2D eigenvalue weighted by molar-refractivity contribution is 6.03. The van der Waals surface area contributed by atoms with Gasteiger partial charge in [-0.3, -0.25) is 4.79 Å². The molecule has 1 atom stereocenters. The Labute approximate surface area is 177 Å². The van der Waals surface area contributed by atoms with E-state index in [4.69, 9.17) is 24.1 Å². The third-order valence-electron chi connectivity index (χ3n) is 4.88. The standard InChI is InChI=1S/C21H20N4O6/c1-12-19(20(22)31-24-12)21(27)30-11-18(26)25-16(17-4-3-9-29-17)10-15(23-25)13-5-7-14(28-2)8-6-13/h3-9,16H,10-11,22H2,1-2H3/t16-/m0/s1. The van der Waals surface area contributed by atoms with Crippen molar-refractivity contribution in [2.75, 3.05) is 19.5 Å². The van der Waals surface area contributed by atoms with Gasteiger partial charge in [0.05, 0.1) is 24.8 Å². The molecule has 10 heteroatoms. The summed E-state index contributed by atoms with van der Waals surface area (Å²) in [6.07, 6.45) is 1.97. The van der Waals surface area contributed by atoms with Gasteiger partial charge in [0.1, 0.15) is 23.1 Å². The first-order valence-electron chi connectivity index (χ1n) is 9.44. The largest absolute Gasteiger partial charge is 0.497 e. The van der Waals surface area contributed by atoms with E-state index in [1.54, 1.807) is 26.2 Å². The Hall–Kier alpha value is -4.08. The van der Waals surface area contributed by atoms with Crippen LogP contribution in [0, 0.1) is 6.92 Å². The van der Waals surface area contributed by atoms with E-state index < -0.39 is 24.5 Å². The van der Waals surface area contributed by atoms with E-state index in [0.29, 0.717) is 23.6 Å². The Bertz CT molecular complexity index is 1100. The van der Waals surface area contributed by atoms with Crippen LogP contribution in [0.4, 0.5) is 5.88 Å². The number of methoxy groups -OCH3 is 1. The number of carbonyl (C=O) groups is 2. The lowest BCUT2D eigenvalue weighted by Gasteiger charge is -2.19. The average Bonchev–Trinajstić information content (AvgIpc) is 3.52. The number of nitrogens with zero attached hydrogens (tertiary/aromatic N) is 3. The second-order valence-electron chi connectivity index (χ2n) is 6.83. The molecule has 3 aromatic rings. The van der Waals surface area contributed by atoms with Crippen LogP contribution in [-0.2, 0) is 9.53 Å². The fourth-order valence-corrected chi connectivity index (χ4v) is 3.30. The summed E-state index contributed by atoms with van der Waals surface area (Å²) >= 11 is 0. The van der Waals surface area contributed by atoms with Gasteiger partial charge in [-0.2, -0.15) is 5.10 Å². The van der Waals surface area contributed by atoms with Gasteiger partial charge in [0.15, 0.2) is 6.61 Å². The SMILES string of the molecule is COc1ccc(C2=NN(C(=O)COC(=O)c3c(C)noc3N)[C@H](c3ccco3)C2)cc1. The first-order valence-corrected chi connectivity index (χ1v) is 9.44.